The fourth-order valence-electron chi connectivity index (χ4n) is 4.03. The van der Waals surface area contributed by atoms with E-state index in [1.165, 1.54) is 0 Å². The molecule has 2 aliphatic rings. The van der Waals surface area contributed by atoms with Crippen LogP contribution in [-0.4, -0.2) is 31.7 Å². The summed E-state index contributed by atoms with van der Waals surface area (Å²) in [4.78, 5) is 13.3. The number of fused-ring (bicyclic) bond motifs is 3. The van der Waals surface area contributed by atoms with Crippen LogP contribution in [-0.2, 0) is 12.0 Å². The minimum Gasteiger partial charge on any atom is -0.493 e. The number of rotatable bonds is 2. The maximum atomic E-state index is 13.3. The SMILES string of the molecule is COc1ccc2c(c1OC)C1(NCC2)C(=O)c2ccccc2C1O. The molecule has 2 aromatic carbocycles. The first-order valence-corrected chi connectivity index (χ1v) is 7.96. The molecule has 5 heteroatoms. The number of Topliss-reactive ketones (excluding diaryl/α,β-unsaturated/α-hetero) is 1. The summed E-state index contributed by atoms with van der Waals surface area (Å²) in [6.07, 6.45) is -0.213. The number of benzene rings is 2. The maximum Gasteiger partial charge on any atom is 0.190 e. The van der Waals surface area contributed by atoms with E-state index in [9.17, 15) is 9.90 Å². The molecule has 4 rings (SSSR count). The maximum absolute atomic E-state index is 13.3. The highest BCUT2D eigenvalue weighted by molar-refractivity contribution is 6.09. The first-order chi connectivity index (χ1) is 11.6. The fourth-order valence-corrected chi connectivity index (χ4v) is 4.03. The van der Waals surface area contributed by atoms with E-state index >= 15 is 0 Å². The van der Waals surface area contributed by atoms with E-state index in [0.29, 0.717) is 34.7 Å². The van der Waals surface area contributed by atoms with Gasteiger partial charge in [0.2, 0.25) is 0 Å². The van der Waals surface area contributed by atoms with Gasteiger partial charge in [-0.05, 0) is 23.6 Å². The number of hydrogen-bond acceptors (Lipinski definition) is 5. The molecule has 0 saturated carbocycles. The van der Waals surface area contributed by atoms with E-state index in [0.717, 1.165) is 12.0 Å². The molecular weight excluding hydrogens is 306 g/mol. The van der Waals surface area contributed by atoms with Crippen LogP contribution in [0.3, 0.4) is 0 Å². The van der Waals surface area contributed by atoms with Crippen molar-refractivity contribution < 1.29 is 19.4 Å². The number of methoxy groups -OCH3 is 2. The van der Waals surface area contributed by atoms with E-state index < -0.39 is 11.6 Å². The first-order valence-electron chi connectivity index (χ1n) is 7.96. The molecule has 0 amide bonds. The minimum atomic E-state index is -1.23. The lowest BCUT2D eigenvalue weighted by Gasteiger charge is -2.39. The van der Waals surface area contributed by atoms with Gasteiger partial charge in [-0.2, -0.15) is 0 Å². The Balaban J connectivity index is 2.02. The van der Waals surface area contributed by atoms with Gasteiger partial charge in [0.25, 0.3) is 0 Å². The highest BCUT2D eigenvalue weighted by atomic mass is 16.5. The smallest absolute Gasteiger partial charge is 0.190 e. The second-order valence-electron chi connectivity index (χ2n) is 6.14. The molecule has 0 fully saturated rings. The van der Waals surface area contributed by atoms with Crippen LogP contribution >= 0.6 is 0 Å². The Labute approximate surface area is 140 Å². The van der Waals surface area contributed by atoms with Crippen molar-refractivity contribution >= 4 is 5.78 Å². The van der Waals surface area contributed by atoms with Gasteiger partial charge in [0, 0.05) is 17.7 Å². The van der Waals surface area contributed by atoms with Gasteiger partial charge >= 0.3 is 0 Å². The van der Waals surface area contributed by atoms with E-state index in [-0.39, 0.29) is 5.78 Å². The van der Waals surface area contributed by atoms with Gasteiger partial charge in [0.15, 0.2) is 17.3 Å². The van der Waals surface area contributed by atoms with Gasteiger partial charge in [-0.15, -0.1) is 0 Å². The van der Waals surface area contributed by atoms with Crippen molar-refractivity contribution in [3.63, 3.8) is 0 Å². The van der Waals surface area contributed by atoms with Crippen molar-refractivity contribution in [1.82, 2.24) is 5.32 Å². The van der Waals surface area contributed by atoms with Crippen LogP contribution in [0.1, 0.15) is 33.2 Å². The third-order valence-electron chi connectivity index (χ3n) is 5.09. The monoisotopic (exact) mass is 325 g/mol. The summed E-state index contributed by atoms with van der Waals surface area (Å²) in [5.41, 5.74) is 1.65. The quantitative estimate of drug-likeness (QED) is 0.884. The molecule has 1 aliphatic carbocycles. The van der Waals surface area contributed by atoms with Crippen LogP contribution < -0.4 is 14.8 Å². The van der Waals surface area contributed by atoms with Gasteiger partial charge in [0.05, 0.1) is 14.2 Å². The number of aliphatic hydroxyl groups is 1. The summed E-state index contributed by atoms with van der Waals surface area (Å²) in [7, 11) is 3.12. The molecular formula is C19H19NO4. The van der Waals surface area contributed by atoms with Crippen molar-refractivity contribution in [3.8, 4) is 11.5 Å². The fraction of sp³-hybridized carbons (Fsp3) is 0.316. The summed E-state index contributed by atoms with van der Waals surface area (Å²) < 4.78 is 11.0. The van der Waals surface area contributed by atoms with Crippen LogP contribution in [0.25, 0.3) is 0 Å². The van der Waals surface area contributed by atoms with Crippen molar-refractivity contribution in [3.05, 3.63) is 58.7 Å². The molecule has 24 heavy (non-hydrogen) atoms. The molecule has 2 atom stereocenters. The van der Waals surface area contributed by atoms with Crippen LogP contribution in [0, 0.1) is 0 Å². The Morgan fingerprint density at radius 3 is 2.67 bits per heavy atom. The molecule has 124 valence electrons. The number of aliphatic hydroxyl groups excluding tert-OH is 1. The van der Waals surface area contributed by atoms with E-state index in [4.69, 9.17) is 9.47 Å². The highest BCUT2D eigenvalue weighted by Gasteiger charge is 2.57. The van der Waals surface area contributed by atoms with Crippen molar-refractivity contribution in [1.29, 1.82) is 0 Å². The molecule has 5 nitrogen and oxygen atoms in total. The molecule has 0 radical (unpaired) electrons. The molecule has 2 aromatic rings. The van der Waals surface area contributed by atoms with Crippen LogP contribution in [0.15, 0.2) is 36.4 Å². The predicted molar refractivity (Wildman–Crippen MR) is 88.7 cm³/mol. The van der Waals surface area contributed by atoms with Gasteiger partial charge in [-0.25, -0.2) is 0 Å². The van der Waals surface area contributed by atoms with E-state index in [2.05, 4.69) is 5.32 Å². The molecule has 0 saturated heterocycles. The lowest BCUT2D eigenvalue weighted by Crippen LogP contribution is -2.54. The zero-order valence-electron chi connectivity index (χ0n) is 13.6. The lowest BCUT2D eigenvalue weighted by molar-refractivity contribution is 0.0488. The summed E-state index contributed by atoms with van der Waals surface area (Å²) in [5.74, 6) is 0.927. The van der Waals surface area contributed by atoms with E-state index in [1.807, 2.05) is 24.3 Å². The summed E-state index contributed by atoms with van der Waals surface area (Å²) in [6.45, 7) is 0.610. The molecule has 2 N–H and O–H groups in total. The molecule has 2 unspecified atom stereocenters. The van der Waals surface area contributed by atoms with Crippen molar-refractivity contribution in [2.45, 2.75) is 18.1 Å². The minimum absolute atomic E-state index is 0.127. The average molecular weight is 325 g/mol. The number of hydrogen-bond donors (Lipinski definition) is 2. The Bertz CT molecular complexity index is 832. The average Bonchev–Trinajstić information content (AvgIpc) is 2.84. The van der Waals surface area contributed by atoms with Crippen molar-refractivity contribution in [2.75, 3.05) is 20.8 Å². The summed E-state index contributed by atoms with van der Waals surface area (Å²) >= 11 is 0. The predicted octanol–water partition coefficient (Wildman–Crippen LogP) is 1.97. The number of carbonyl (C=O) groups excluding carboxylic acids is 1. The number of carbonyl (C=O) groups is 1. The topological polar surface area (TPSA) is 67.8 Å². The molecule has 1 spiro atoms. The van der Waals surface area contributed by atoms with Gasteiger partial charge in [0.1, 0.15) is 11.6 Å². The number of nitrogens with one attached hydrogen (secondary N) is 1. The Morgan fingerprint density at radius 2 is 1.96 bits per heavy atom. The third kappa shape index (κ3) is 1.74. The van der Waals surface area contributed by atoms with Gasteiger partial charge in [-0.3, -0.25) is 10.1 Å². The number of ketones is 1. The van der Waals surface area contributed by atoms with Crippen LogP contribution in [0.5, 0.6) is 11.5 Å². The lowest BCUT2D eigenvalue weighted by atomic mass is 9.77. The van der Waals surface area contributed by atoms with Gasteiger partial charge < -0.3 is 14.6 Å². The second-order valence-corrected chi connectivity index (χ2v) is 6.14. The van der Waals surface area contributed by atoms with Gasteiger partial charge in [-0.1, -0.05) is 30.3 Å². The normalized spacial score (nSPS) is 24.6. The Morgan fingerprint density at radius 1 is 1.17 bits per heavy atom. The zero-order chi connectivity index (χ0) is 16.9. The summed E-state index contributed by atoms with van der Waals surface area (Å²) in [6, 6.07) is 11.0. The molecule has 0 bridgehead atoms. The highest BCUT2D eigenvalue weighted by Crippen LogP contribution is 2.52. The van der Waals surface area contributed by atoms with Crippen molar-refractivity contribution in [2.24, 2.45) is 0 Å². The molecule has 0 aromatic heterocycles. The molecule has 1 aliphatic heterocycles. The third-order valence-corrected chi connectivity index (χ3v) is 5.09. The summed E-state index contributed by atoms with van der Waals surface area (Å²) in [5, 5.41) is 14.4. The molecule has 1 heterocycles. The second kappa shape index (κ2) is 5.33. The first kappa shape index (κ1) is 15.2. The van der Waals surface area contributed by atoms with Crippen LogP contribution in [0.2, 0.25) is 0 Å². The van der Waals surface area contributed by atoms with Crippen LogP contribution in [0.4, 0.5) is 0 Å². The zero-order valence-corrected chi connectivity index (χ0v) is 13.6. The van der Waals surface area contributed by atoms with E-state index in [1.54, 1.807) is 26.4 Å². The number of ether oxygens (including phenoxy) is 2. The Hall–Kier alpha value is -2.37. The standard InChI is InChI=1S/C19H19NO4/c1-23-14-8-7-11-9-10-20-19(15(11)16(14)24-2)17(21)12-5-3-4-6-13(12)18(19)22/h3-8,17,20-21H,9-10H2,1-2H3. The Kier molecular flexibility index (Phi) is 3.37. The largest absolute Gasteiger partial charge is 0.493 e.